The molecule has 1 aromatic heterocycles. The van der Waals surface area contributed by atoms with Gasteiger partial charge in [0.25, 0.3) is 0 Å². The number of halogens is 1. The first kappa shape index (κ1) is 32.0. The van der Waals surface area contributed by atoms with E-state index in [1.807, 2.05) is 13.8 Å². The van der Waals surface area contributed by atoms with Gasteiger partial charge in [0.2, 0.25) is 17.7 Å². The molecule has 0 saturated heterocycles. The Morgan fingerprint density at radius 3 is 2.46 bits per heavy atom. The fourth-order valence-electron chi connectivity index (χ4n) is 2.70. The van der Waals surface area contributed by atoms with E-state index in [4.69, 9.17) is 22.3 Å². The molecule has 0 spiro atoms. The molecule has 0 aliphatic carbocycles. The van der Waals surface area contributed by atoms with Crippen LogP contribution >= 0.6 is 23.7 Å². The lowest BCUT2D eigenvalue weighted by Crippen LogP contribution is -2.48. The van der Waals surface area contributed by atoms with Gasteiger partial charge in [-0.2, -0.15) is 0 Å². The summed E-state index contributed by atoms with van der Waals surface area (Å²) in [6.45, 7) is 4.73. The van der Waals surface area contributed by atoms with E-state index < -0.39 is 42.2 Å². The Hall–Kier alpha value is -2.97. The lowest BCUT2D eigenvalue weighted by atomic mass is 10.1. The molecule has 0 saturated carbocycles. The predicted molar refractivity (Wildman–Crippen MR) is 136 cm³/mol. The van der Waals surface area contributed by atoms with Crippen molar-refractivity contribution in [3.8, 4) is 0 Å². The van der Waals surface area contributed by atoms with Crippen molar-refractivity contribution in [2.75, 3.05) is 18.4 Å². The van der Waals surface area contributed by atoms with E-state index in [0.29, 0.717) is 37.5 Å². The van der Waals surface area contributed by atoms with E-state index >= 15 is 0 Å². The number of aliphatic carboxylic acids is 1. The number of aromatic nitrogens is 1. The van der Waals surface area contributed by atoms with Gasteiger partial charge in [-0.3, -0.25) is 24.2 Å². The number of nitrogens with one attached hydrogen (secondary N) is 3. The molecule has 10 N–H and O–H groups in total. The summed E-state index contributed by atoms with van der Waals surface area (Å²) in [4.78, 5) is 55.9. The second-order valence-electron chi connectivity index (χ2n) is 8.06. The molecule has 198 valence electrons. The average Bonchev–Trinajstić information content (AvgIpc) is 3.16. The quantitative estimate of drug-likeness (QED) is 0.0875. The average molecular weight is 535 g/mol. The van der Waals surface area contributed by atoms with Gasteiger partial charge in [-0.25, -0.2) is 4.98 Å². The summed E-state index contributed by atoms with van der Waals surface area (Å²) >= 11 is 1.11. The van der Waals surface area contributed by atoms with Crippen LogP contribution in [0, 0.1) is 5.92 Å². The first-order chi connectivity index (χ1) is 16.0. The van der Waals surface area contributed by atoms with Crippen molar-refractivity contribution >= 4 is 58.5 Å². The van der Waals surface area contributed by atoms with E-state index in [9.17, 15) is 19.2 Å². The summed E-state index contributed by atoms with van der Waals surface area (Å²) in [5, 5.41) is 18.6. The molecule has 0 aliphatic rings. The number of aliphatic imine (C=N–C) groups is 1. The molecule has 0 radical (unpaired) electrons. The Morgan fingerprint density at radius 2 is 1.86 bits per heavy atom. The minimum absolute atomic E-state index is 0. The van der Waals surface area contributed by atoms with Crippen molar-refractivity contribution in [2.24, 2.45) is 28.1 Å². The highest BCUT2D eigenvalue weighted by Crippen LogP contribution is 2.16. The highest BCUT2D eigenvalue weighted by molar-refractivity contribution is 7.13. The molecular weight excluding hydrogens is 500 g/mol. The number of amides is 3. The Kier molecular flexibility index (Phi) is 15.2. The molecule has 35 heavy (non-hydrogen) atoms. The Morgan fingerprint density at radius 1 is 1.17 bits per heavy atom. The molecule has 3 amide bonds. The maximum absolute atomic E-state index is 12.4. The molecule has 0 aliphatic heterocycles. The van der Waals surface area contributed by atoms with E-state index in [2.05, 4.69) is 25.9 Å². The van der Waals surface area contributed by atoms with Gasteiger partial charge in [-0.05, 0) is 25.2 Å². The number of hydrogen-bond donors (Lipinski definition) is 7. The molecule has 15 heteroatoms. The highest BCUT2D eigenvalue weighted by Gasteiger charge is 2.24. The number of rotatable bonds is 15. The number of nitrogens with zero attached hydrogens (tertiary/aromatic N) is 2. The standard InChI is InChI=1S/C20H34N8O5S.ClH/c1-11(2)5-7-24-18(33)14(9-16(30)31)27-15(29)8-12-10-34-20(26-12)28-17(32)13(21)4-3-6-25-19(22)23;/h10-11,13-14H,3-9,21H2,1-2H3,(H,24,33)(H,27,29)(H,30,31)(H4,22,23,25)(H,26,28,32);1H/t13-,14-;/m0./s1. The van der Waals surface area contributed by atoms with Gasteiger partial charge < -0.3 is 38.3 Å². The smallest absolute Gasteiger partial charge is 0.305 e. The lowest BCUT2D eigenvalue weighted by Gasteiger charge is -2.17. The topological polar surface area (TPSA) is 228 Å². The summed E-state index contributed by atoms with van der Waals surface area (Å²) in [5.74, 6) is -2.43. The number of hydrogen-bond acceptors (Lipinski definition) is 8. The summed E-state index contributed by atoms with van der Waals surface area (Å²) < 4.78 is 0. The normalized spacial score (nSPS) is 12.1. The van der Waals surface area contributed by atoms with Crippen molar-refractivity contribution in [3.05, 3.63) is 11.1 Å². The van der Waals surface area contributed by atoms with Gasteiger partial charge in [0.1, 0.15) is 6.04 Å². The SMILES string of the molecule is CC(C)CCNC(=O)[C@H](CC(=O)O)NC(=O)Cc1csc(NC(=O)[C@@H](N)CCCN=C(N)N)n1.Cl. The fourth-order valence-corrected chi connectivity index (χ4v) is 3.41. The minimum atomic E-state index is -1.21. The van der Waals surface area contributed by atoms with E-state index in [1.165, 1.54) is 0 Å². The third-order valence-electron chi connectivity index (χ3n) is 4.48. The molecule has 1 aromatic rings. The number of thiazole rings is 1. The van der Waals surface area contributed by atoms with Crippen molar-refractivity contribution in [1.29, 1.82) is 0 Å². The van der Waals surface area contributed by atoms with Crippen LogP contribution < -0.4 is 33.2 Å². The van der Waals surface area contributed by atoms with Crippen molar-refractivity contribution in [1.82, 2.24) is 15.6 Å². The van der Waals surface area contributed by atoms with Gasteiger partial charge in [0.15, 0.2) is 11.1 Å². The number of carboxylic acid groups (broad SMARTS) is 1. The third-order valence-corrected chi connectivity index (χ3v) is 5.29. The van der Waals surface area contributed by atoms with E-state index in [-0.39, 0.29) is 29.9 Å². The van der Waals surface area contributed by atoms with Crippen LogP contribution in [0.2, 0.25) is 0 Å². The number of carbonyl (C=O) groups is 4. The second kappa shape index (κ2) is 16.6. The zero-order valence-corrected chi connectivity index (χ0v) is 21.4. The van der Waals surface area contributed by atoms with Gasteiger partial charge >= 0.3 is 5.97 Å². The Labute approximate surface area is 214 Å². The summed E-state index contributed by atoms with van der Waals surface area (Å²) in [5.41, 5.74) is 16.7. The third kappa shape index (κ3) is 14.1. The first-order valence-electron chi connectivity index (χ1n) is 10.8. The van der Waals surface area contributed by atoms with Crippen molar-refractivity contribution in [3.63, 3.8) is 0 Å². The molecule has 2 atom stereocenters. The first-order valence-corrected chi connectivity index (χ1v) is 11.7. The van der Waals surface area contributed by atoms with Crippen LogP contribution in [0.3, 0.4) is 0 Å². The molecular formula is C20H35ClN8O5S. The van der Waals surface area contributed by atoms with Gasteiger partial charge in [0, 0.05) is 18.5 Å². The van der Waals surface area contributed by atoms with E-state index in [1.54, 1.807) is 5.38 Å². The van der Waals surface area contributed by atoms with Crippen LogP contribution in [0.1, 0.15) is 45.2 Å². The molecule has 1 rings (SSSR count). The van der Waals surface area contributed by atoms with Crippen LogP contribution in [0.15, 0.2) is 10.4 Å². The number of carbonyl (C=O) groups excluding carboxylic acids is 3. The van der Waals surface area contributed by atoms with Crippen LogP contribution in [0.25, 0.3) is 0 Å². The largest absolute Gasteiger partial charge is 0.481 e. The molecule has 0 aromatic carbocycles. The second-order valence-corrected chi connectivity index (χ2v) is 8.91. The van der Waals surface area contributed by atoms with Crippen LogP contribution in [0.4, 0.5) is 5.13 Å². The molecule has 0 unspecified atom stereocenters. The van der Waals surface area contributed by atoms with E-state index in [0.717, 1.165) is 17.8 Å². The molecule has 1 heterocycles. The highest BCUT2D eigenvalue weighted by atomic mass is 35.5. The monoisotopic (exact) mass is 534 g/mol. The Balaban J connectivity index is 0.0000116. The van der Waals surface area contributed by atoms with Crippen LogP contribution in [0.5, 0.6) is 0 Å². The summed E-state index contributed by atoms with van der Waals surface area (Å²) in [7, 11) is 0. The van der Waals surface area contributed by atoms with Gasteiger partial charge in [-0.1, -0.05) is 13.8 Å². The number of anilines is 1. The predicted octanol–water partition coefficient (Wildman–Crippen LogP) is -0.451. The summed E-state index contributed by atoms with van der Waals surface area (Å²) in [6, 6.07) is -1.98. The van der Waals surface area contributed by atoms with Crippen molar-refractivity contribution < 1.29 is 24.3 Å². The molecule has 0 fully saturated rings. The van der Waals surface area contributed by atoms with Crippen LogP contribution in [-0.2, 0) is 25.6 Å². The minimum Gasteiger partial charge on any atom is -0.481 e. The fraction of sp³-hybridized carbons (Fsp3) is 0.600. The molecule has 13 nitrogen and oxygen atoms in total. The van der Waals surface area contributed by atoms with Gasteiger partial charge in [-0.15, -0.1) is 23.7 Å². The Bertz CT molecular complexity index is 875. The summed E-state index contributed by atoms with van der Waals surface area (Å²) in [6.07, 6.45) is 0.892. The van der Waals surface area contributed by atoms with Crippen LogP contribution in [-0.4, -0.2) is 64.9 Å². The zero-order chi connectivity index (χ0) is 25.7. The number of guanidine groups is 1. The number of nitrogens with two attached hydrogens (primary N) is 3. The number of carboxylic acids is 1. The van der Waals surface area contributed by atoms with Gasteiger partial charge in [0.05, 0.1) is 24.6 Å². The zero-order valence-electron chi connectivity index (χ0n) is 19.8. The van der Waals surface area contributed by atoms with Crippen molar-refractivity contribution in [2.45, 2.75) is 58.0 Å². The molecule has 0 bridgehead atoms. The maximum Gasteiger partial charge on any atom is 0.305 e. The maximum atomic E-state index is 12.4. The lowest BCUT2D eigenvalue weighted by molar-refractivity contribution is -0.140.